The van der Waals surface area contributed by atoms with E-state index in [4.69, 9.17) is 4.74 Å². The van der Waals surface area contributed by atoms with E-state index in [0.29, 0.717) is 0 Å². The van der Waals surface area contributed by atoms with Gasteiger partial charge in [0.05, 0.1) is 6.61 Å². The molecule has 0 heterocycles. The van der Waals surface area contributed by atoms with Gasteiger partial charge in [-0.05, 0) is 26.7 Å². The standard InChI is InChI=1S/C13H29NO/c1-5-7-8-9-11-15-12-10-14-13(3,4)6-2/h14H,5-12H2,1-4H3. The quantitative estimate of drug-likeness (QED) is 0.564. The summed E-state index contributed by atoms with van der Waals surface area (Å²) in [5.74, 6) is 0. The number of hydrogen-bond donors (Lipinski definition) is 1. The fourth-order valence-electron chi connectivity index (χ4n) is 1.32. The molecular weight excluding hydrogens is 186 g/mol. The Kier molecular flexibility index (Phi) is 9.12. The van der Waals surface area contributed by atoms with E-state index in [1.54, 1.807) is 0 Å². The molecule has 0 saturated carbocycles. The molecule has 0 aliphatic heterocycles. The lowest BCUT2D eigenvalue weighted by atomic mass is 10.0. The third kappa shape index (κ3) is 10.2. The van der Waals surface area contributed by atoms with E-state index in [0.717, 1.165) is 26.2 Å². The van der Waals surface area contributed by atoms with Crippen LogP contribution in [-0.4, -0.2) is 25.3 Å². The molecule has 0 rings (SSSR count). The van der Waals surface area contributed by atoms with Gasteiger partial charge in [0.2, 0.25) is 0 Å². The first-order valence-electron chi connectivity index (χ1n) is 6.45. The van der Waals surface area contributed by atoms with Crippen LogP contribution in [0.4, 0.5) is 0 Å². The van der Waals surface area contributed by atoms with Gasteiger partial charge < -0.3 is 10.1 Å². The molecule has 0 aliphatic carbocycles. The molecular formula is C13H29NO. The Hall–Kier alpha value is -0.0800. The van der Waals surface area contributed by atoms with Crippen molar-refractivity contribution in [2.24, 2.45) is 0 Å². The molecule has 0 unspecified atom stereocenters. The maximum atomic E-state index is 5.56. The van der Waals surface area contributed by atoms with Crippen LogP contribution in [0.15, 0.2) is 0 Å². The smallest absolute Gasteiger partial charge is 0.0591 e. The molecule has 0 aromatic heterocycles. The Morgan fingerprint density at radius 1 is 1.00 bits per heavy atom. The highest BCUT2D eigenvalue weighted by Crippen LogP contribution is 2.05. The van der Waals surface area contributed by atoms with Crippen LogP contribution in [0.25, 0.3) is 0 Å². The molecule has 0 aliphatic rings. The third-order valence-electron chi connectivity index (χ3n) is 2.88. The van der Waals surface area contributed by atoms with Crippen molar-refractivity contribution >= 4 is 0 Å². The Morgan fingerprint density at radius 2 is 1.73 bits per heavy atom. The van der Waals surface area contributed by atoms with Gasteiger partial charge in [-0.25, -0.2) is 0 Å². The van der Waals surface area contributed by atoms with Crippen LogP contribution in [-0.2, 0) is 4.74 Å². The first-order chi connectivity index (χ1) is 7.12. The molecule has 0 saturated heterocycles. The molecule has 1 N–H and O–H groups in total. The number of hydrogen-bond acceptors (Lipinski definition) is 2. The predicted octanol–water partition coefficient (Wildman–Crippen LogP) is 3.36. The summed E-state index contributed by atoms with van der Waals surface area (Å²) in [6.07, 6.45) is 6.32. The van der Waals surface area contributed by atoms with Gasteiger partial charge in [0.1, 0.15) is 0 Å². The maximum absolute atomic E-state index is 5.56. The number of ether oxygens (including phenoxy) is 1. The van der Waals surface area contributed by atoms with E-state index < -0.39 is 0 Å². The van der Waals surface area contributed by atoms with Gasteiger partial charge in [-0.2, -0.15) is 0 Å². The lowest BCUT2D eigenvalue weighted by molar-refractivity contribution is 0.125. The van der Waals surface area contributed by atoms with Crippen molar-refractivity contribution in [2.75, 3.05) is 19.8 Å². The van der Waals surface area contributed by atoms with E-state index in [1.807, 2.05) is 0 Å². The predicted molar refractivity (Wildman–Crippen MR) is 67.3 cm³/mol. The molecule has 0 spiro atoms. The fraction of sp³-hybridized carbons (Fsp3) is 1.00. The van der Waals surface area contributed by atoms with Gasteiger partial charge in [0.25, 0.3) is 0 Å². The zero-order chi connectivity index (χ0) is 11.6. The van der Waals surface area contributed by atoms with Crippen LogP contribution >= 0.6 is 0 Å². The SMILES string of the molecule is CCCCCCOCCNC(C)(C)CC. The van der Waals surface area contributed by atoms with Crippen LogP contribution in [0.3, 0.4) is 0 Å². The van der Waals surface area contributed by atoms with Crippen molar-refractivity contribution in [3.05, 3.63) is 0 Å². The summed E-state index contributed by atoms with van der Waals surface area (Å²) in [6.45, 7) is 11.6. The van der Waals surface area contributed by atoms with E-state index in [9.17, 15) is 0 Å². The molecule has 0 aromatic rings. The molecule has 2 nitrogen and oxygen atoms in total. The first-order valence-corrected chi connectivity index (χ1v) is 6.45. The normalized spacial score (nSPS) is 12.0. The zero-order valence-corrected chi connectivity index (χ0v) is 11.1. The molecule has 2 heteroatoms. The van der Waals surface area contributed by atoms with Crippen molar-refractivity contribution in [2.45, 2.75) is 65.3 Å². The van der Waals surface area contributed by atoms with Crippen LogP contribution < -0.4 is 5.32 Å². The maximum Gasteiger partial charge on any atom is 0.0591 e. The van der Waals surface area contributed by atoms with E-state index in [1.165, 1.54) is 25.7 Å². The van der Waals surface area contributed by atoms with Gasteiger partial charge in [-0.15, -0.1) is 0 Å². The van der Waals surface area contributed by atoms with Gasteiger partial charge >= 0.3 is 0 Å². The lowest BCUT2D eigenvalue weighted by Crippen LogP contribution is -2.40. The largest absolute Gasteiger partial charge is 0.380 e. The summed E-state index contributed by atoms with van der Waals surface area (Å²) < 4.78 is 5.56. The van der Waals surface area contributed by atoms with Gasteiger partial charge in [0.15, 0.2) is 0 Å². The Bertz CT molecular complexity index is 134. The minimum atomic E-state index is 0.256. The molecule has 0 bridgehead atoms. The van der Waals surface area contributed by atoms with Crippen molar-refractivity contribution in [3.63, 3.8) is 0 Å². The average molecular weight is 215 g/mol. The third-order valence-corrected chi connectivity index (χ3v) is 2.88. The molecule has 0 fully saturated rings. The Labute approximate surface area is 95.8 Å². The van der Waals surface area contributed by atoms with Gasteiger partial charge in [-0.1, -0.05) is 33.1 Å². The van der Waals surface area contributed by atoms with Crippen LogP contribution in [0, 0.1) is 0 Å². The second-order valence-electron chi connectivity index (χ2n) is 4.84. The highest BCUT2D eigenvalue weighted by atomic mass is 16.5. The number of unbranched alkanes of at least 4 members (excludes halogenated alkanes) is 3. The molecule has 0 amide bonds. The minimum absolute atomic E-state index is 0.256. The molecule has 15 heavy (non-hydrogen) atoms. The summed E-state index contributed by atoms with van der Waals surface area (Å²) >= 11 is 0. The fourth-order valence-corrected chi connectivity index (χ4v) is 1.32. The van der Waals surface area contributed by atoms with Crippen molar-refractivity contribution < 1.29 is 4.74 Å². The lowest BCUT2D eigenvalue weighted by Gasteiger charge is -2.24. The molecule has 0 aromatic carbocycles. The zero-order valence-electron chi connectivity index (χ0n) is 11.1. The number of nitrogens with one attached hydrogen (secondary N) is 1. The van der Waals surface area contributed by atoms with Gasteiger partial charge in [-0.3, -0.25) is 0 Å². The van der Waals surface area contributed by atoms with Gasteiger partial charge in [0, 0.05) is 18.7 Å². The number of rotatable bonds is 10. The summed E-state index contributed by atoms with van der Waals surface area (Å²) in [5.41, 5.74) is 0.256. The monoisotopic (exact) mass is 215 g/mol. The van der Waals surface area contributed by atoms with E-state index in [-0.39, 0.29) is 5.54 Å². The molecule has 92 valence electrons. The van der Waals surface area contributed by atoms with Crippen LogP contribution in [0.1, 0.15) is 59.8 Å². The Balaban J connectivity index is 3.11. The highest BCUT2D eigenvalue weighted by Gasteiger charge is 2.12. The van der Waals surface area contributed by atoms with Crippen LogP contribution in [0.2, 0.25) is 0 Å². The van der Waals surface area contributed by atoms with Crippen molar-refractivity contribution in [1.29, 1.82) is 0 Å². The summed E-state index contributed by atoms with van der Waals surface area (Å²) in [7, 11) is 0. The molecule has 0 atom stereocenters. The van der Waals surface area contributed by atoms with Crippen LogP contribution in [0.5, 0.6) is 0 Å². The topological polar surface area (TPSA) is 21.3 Å². The minimum Gasteiger partial charge on any atom is -0.380 e. The van der Waals surface area contributed by atoms with E-state index in [2.05, 4.69) is 33.0 Å². The second kappa shape index (κ2) is 9.17. The van der Waals surface area contributed by atoms with Crippen molar-refractivity contribution in [1.82, 2.24) is 5.32 Å². The highest BCUT2D eigenvalue weighted by molar-refractivity contribution is 4.74. The van der Waals surface area contributed by atoms with E-state index >= 15 is 0 Å². The average Bonchev–Trinajstić information content (AvgIpc) is 2.22. The van der Waals surface area contributed by atoms with Crippen molar-refractivity contribution in [3.8, 4) is 0 Å². The summed E-state index contributed by atoms with van der Waals surface area (Å²) in [4.78, 5) is 0. The summed E-state index contributed by atoms with van der Waals surface area (Å²) in [6, 6.07) is 0. The first kappa shape index (κ1) is 14.9. The summed E-state index contributed by atoms with van der Waals surface area (Å²) in [5, 5.41) is 3.49. The molecule has 0 radical (unpaired) electrons. The Morgan fingerprint density at radius 3 is 2.33 bits per heavy atom. The second-order valence-corrected chi connectivity index (χ2v) is 4.84.